The molecule has 10 aromatic carbocycles. The second kappa shape index (κ2) is 15.1. The number of benzene rings is 10. The van der Waals surface area contributed by atoms with Crippen molar-refractivity contribution in [3.8, 4) is 78.7 Å². The minimum absolute atomic E-state index is 0.624. The number of rotatable bonds is 7. The van der Waals surface area contributed by atoms with Gasteiger partial charge < -0.3 is 0 Å². The van der Waals surface area contributed by atoms with Crippen LogP contribution in [0.5, 0.6) is 0 Å². The fraction of sp³-hybridized carbons (Fsp3) is 0. The van der Waals surface area contributed by atoms with Gasteiger partial charge in [0.15, 0.2) is 17.5 Å². The number of hydrogen-bond donors (Lipinski definition) is 0. The van der Waals surface area contributed by atoms with Crippen molar-refractivity contribution in [2.24, 2.45) is 0 Å². The zero-order chi connectivity index (χ0) is 39.8. The molecule has 60 heavy (non-hydrogen) atoms. The molecule has 0 fully saturated rings. The number of nitrogens with zero attached hydrogens (tertiary/aromatic N) is 3. The van der Waals surface area contributed by atoms with Gasteiger partial charge in [-0.15, -0.1) is 0 Å². The van der Waals surface area contributed by atoms with Crippen LogP contribution in [0.3, 0.4) is 0 Å². The molecular formula is C57H37N3. The Hall–Kier alpha value is -8.01. The minimum atomic E-state index is 0.624. The lowest BCUT2D eigenvalue weighted by molar-refractivity contribution is 1.07. The predicted molar refractivity (Wildman–Crippen MR) is 250 cm³/mol. The zero-order valence-electron chi connectivity index (χ0n) is 32.7. The van der Waals surface area contributed by atoms with Gasteiger partial charge in [0, 0.05) is 16.7 Å². The van der Waals surface area contributed by atoms with Crippen LogP contribution in [0.25, 0.3) is 111 Å². The number of aromatic nitrogens is 3. The molecule has 11 aromatic rings. The van der Waals surface area contributed by atoms with Crippen LogP contribution in [0.15, 0.2) is 224 Å². The molecule has 0 aliphatic heterocycles. The van der Waals surface area contributed by atoms with Crippen molar-refractivity contribution in [1.82, 2.24) is 15.0 Å². The first-order valence-electron chi connectivity index (χ1n) is 20.3. The third-order valence-electron chi connectivity index (χ3n) is 11.6. The fourth-order valence-electron chi connectivity index (χ4n) is 8.52. The molecule has 0 atom stereocenters. The lowest BCUT2D eigenvalue weighted by Gasteiger charge is -2.15. The molecule has 0 bridgehead atoms. The molecule has 0 unspecified atom stereocenters. The summed E-state index contributed by atoms with van der Waals surface area (Å²) in [7, 11) is 0. The molecule has 0 N–H and O–H groups in total. The third-order valence-corrected chi connectivity index (χ3v) is 11.6. The van der Waals surface area contributed by atoms with Crippen LogP contribution < -0.4 is 0 Å². The molecule has 280 valence electrons. The summed E-state index contributed by atoms with van der Waals surface area (Å²) in [5, 5.41) is 7.44. The van der Waals surface area contributed by atoms with E-state index < -0.39 is 0 Å². The summed E-state index contributed by atoms with van der Waals surface area (Å²) in [6.45, 7) is 0. The van der Waals surface area contributed by atoms with E-state index >= 15 is 0 Å². The Morgan fingerprint density at radius 3 is 1.27 bits per heavy atom. The van der Waals surface area contributed by atoms with Gasteiger partial charge in [-0.25, -0.2) is 15.0 Å². The highest BCUT2D eigenvalue weighted by molar-refractivity contribution is 6.20. The lowest BCUT2D eigenvalue weighted by Crippen LogP contribution is -2.01. The Labute approximate surface area is 349 Å². The zero-order valence-corrected chi connectivity index (χ0v) is 32.7. The molecule has 0 amide bonds. The maximum absolute atomic E-state index is 5.20. The fourth-order valence-corrected chi connectivity index (χ4v) is 8.52. The molecule has 3 heteroatoms. The predicted octanol–water partition coefficient (Wildman–Crippen LogP) is 15.0. The molecule has 0 aliphatic carbocycles. The standard InChI is InChI=1S/C57H37N3/c1-3-13-38(14-4-1)39-23-25-40(26-24-39)41-27-31-45(32-28-41)55-58-56(60-57(59-55)52-22-12-11-19-48(52)42-15-5-2-6-16-42)46-33-29-44(30-34-46)54-50-21-10-8-18-47(50)37-53-49-20-9-7-17-43(49)35-36-51(53)54/h1-37H. The van der Waals surface area contributed by atoms with Gasteiger partial charge >= 0.3 is 0 Å². The molecular weight excluding hydrogens is 727 g/mol. The van der Waals surface area contributed by atoms with Crippen LogP contribution in [0.4, 0.5) is 0 Å². The summed E-state index contributed by atoms with van der Waals surface area (Å²) >= 11 is 0. The van der Waals surface area contributed by atoms with Crippen LogP contribution in [0.1, 0.15) is 0 Å². The first-order chi connectivity index (χ1) is 29.7. The van der Waals surface area contributed by atoms with E-state index in [0.29, 0.717) is 17.5 Å². The molecule has 0 saturated carbocycles. The van der Waals surface area contributed by atoms with E-state index in [1.807, 2.05) is 12.1 Å². The van der Waals surface area contributed by atoms with Gasteiger partial charge in [0.05, 0.1) is 0 Å². The second-order valence-corrected chi connectivity index (χ2v) is 15.2. The van der Waals surface area contributed by atoms with E-state index in [1.54, 1.807) is 0 Å². The topological polar surface area (TPSA) is 38.7 Å². The van der Waals surface area contributed by atoms with Gasteiger partial charge in [-0.3, -0.25) is 0 Å². The first-order valence-corrected chi connectivity index (χ1v) is 20.3. The molecule has 0 aliphatic rings. The van der Waals surface area contributed by atoms with Gasteiger partial charge in [0.25, 0.3) is 0 Å². The van der Waals surface area contributed by atoms with Gasteiger partial charge in [-0.2, -0.15) is 0 Å². The van der Waals surface area contributed by atoms with Crippen molar-refractivity contribution in [2.45, 2.75) is 0 Å². The highest BCUT2D eigenvalue weighted by Crippen LogP contribution is 2.40. The Morgan fingerprint density at radius 2 is 0.650 bits per heavy atom. The summed E-state index contributed by atoms with van der Waals surface area (Å²) < 4.78 is 0. The molecule has 1 aromatic heterocycles. The van der Waals surface area contributed by atoms with E-state index in [4.69, 9.17) is 15.0 Å². The van der Waals surface area contributed by atoms with E-state index in [1.165, 1.54) is 49.0 Å². The Kier molecular flexibility index (Phi) is 8.83. The highest BCUT2D eigenvalue weighted by Gasteiger charge is 2.17. The smallest absolute Gasteiger partial charge is 0.164 e. The van der Waals surface area contributed by atoms with Crippen molar-refractivity contribution in [2.75, 3.05) is 0 Å². The summed E-state index contributed by atoms with van der Waals surface area (Å²) in [5.41, 5.74) is 12.0. The second-order valence-electron chi connectivity index (χ2n) is 15.2. The van der Waals surface area contributed by atoms with Crippen molar-refractivity contribution in [3.05, 3.63) is 224 Å². The third kappa shape index (κ3) is 6.49. The van der Waals surface area contributed by atoms with Gasteiger partial charge in [-0.05, 0) is 82.9 Å². The molecule has 11 rings (SSSR count). The first kappa shape index (κ1) is 35.2. The van der Waals surface area contributed by atoms with Gasteiger partial charge in [0.1, 0.15) is 0 Å². The van der Waals surface area contributed by atoms with Crippen molar-refractivity contribution >= 4 is 32.3 Å². The monoisotopic (exact) mass is 763 g/mol. The van der Waals surface area contributed by atoms with E-state index in [9.17, 15) is 0 Å². The summed E-state index contributed by atoms with van der Waals surface area (Å²) in [6, 6.07) is 79.4. The summed E-state index contributed by atoms with van der Waals surface area (Å²) in [5.74, 6) is 1.88. The van der Waals surface area contributed by atoms with E-state index in [2.05, 4.69) is 212 Å². The highest BCUT2D eigenvalue weighted by atomic mass is 15.0. The van der Waals surface area contributed by atoms with Crippen molar-refractivity contribution in [1.29, 1.82) is 0 Å². The van der Waals surface area contributed by atoms with Crippen molar-refractivity contribution < 1.29 is 0 Å². The lowest BCUT2D eigenvalue weighted by atomic mass is 9.89. The largest absolute Gasteiger partial charge is 0.208 e. The SMILES string of the molecule is c1ccc(-c2ccc(-c3ccc(-c4nc(-c5ccc(-c6c7ccccc7cc7c6ccc6ccccc67)cc5)nc(-c5ccccc5-c5ccccc5)n4)cc3)cc2)cc1. The van der Waals surface area contributed by atoms with E-state index in [-0.39, 0.29) is 0 Å². The minimum Gasteiger partial charge on any atom is -0.208 e. The maximum atomic E-state index is 5.20. The number of hydrogen-bond acceptors (Lipinski definition) is 3. The molecule has 1 heterocycles. The Balaban J connectivity index is 1.02. The Morgan fingerprint density at radius 1 is 0.217 bits per heavy atom. The quantitative estimate of drug-likeness (QED) is 0.120. The molecule has 0 spiro atoms. The summed E-state index contributed by atoms with van der Waals surface area (Å²) in [6.07, 6.45) is 0. The van der Waals surface area contributed by atoms with Gasteiger partial charge in [0.2, 0.25) is 0 Å². The molecule has 3 nitrogen and oxygen atoms in total. The van der Waals surface area contributed by atoms with Crippen LogP contribution in [0, 0.1) is 0 Å². The average Bonchev–Trinajstić information content (AvgIpc) is 3.34. The van der Waals surface area contributed by atoms with Crippen molar-refractivity contribution in [3.63, 3.8) is 0 Å². The van der Waals surface area contributed by atoms with Crippen LogP contribution in [0.2, 0.25) is 0 Å². The van der Waals surface area contributed by atoms with E-state index in [0.717, 1.165) is 44.5 Å². The normalized spacial score (nSPS) is 11.3. The maximum Gasteiger partial charge on any atom is 0.164 e. The van der Waals surface area contributed by atoms with Crippen LogP contribution in [-0.4, -0.2) is 15.0 Å². The Bertz CT molecular complexity index is 3320. The van der Waals surface area contributed by atoms with Crippen LogP contribution in [-0.2, 0) is 0 Å². The molecule has 0 saturated heterocycles. The summed E-state index contributed by atoms with van der Waals surface area (Å²) in [4.78, 5) is 15.5. The number of fused-ring (bicyclic) bond motifs is 4. The molecule has 0 radical (unpaired) electrons. The van der Waals surface area contributed by atoms with Crippen LogP contribution >= 0.6 is 0 Å². The average molecular weight is 764 g/mol. The van der Waals surface area contributed by atoms with Gasteiger partial charge in [-0.1, -0.05) is 218 Å².